The van der Waals surface area contributed by atoms with Gasteiger partial charge in [-0.15, -0.1) is 0 Å². The molecule has 0 bridgehead atoms. The first kappa shape index (κ1) is 26.1. The summed E-state index contributed by atoms with van der Waals surface area (Å²) < 4.78 is 11.3. The number of furan rings is 1. The van der Waals surface area contributed by atoms with Crippen molar-refractivity contribution < 1.29 is 4.42 Å². The van der Waals surface area contributed by atoms with Crippen LogP contribution < -0.4 is 0 Å². The van der Waals surface area contributed by atoms with Crippen molar-refractivity contribution in [1.29, 1.82) is 0 Å². The number of nitrogens with zero attached hydrogens (tertiary/aromatic N) is 2. The quantitative estimate of drug-likeness (QED) is 0.190. The average Bonchev–Trinajstić information content (AvgIpc) is 3.84. The Labute approximate surface area is 276 Å². The zero-order chi connectivity index (χ0) is 31.7. The Balaban J connectivity index is 1.44. The molecule has 0 radical (unpaired) electrons. The largest absolute Gasteiger partial charge is 0.456 e. The Hall–Kier alpha value is -6.06. The fourth-order valence-corrected chi connectivity index (χ4v) is 8.91. The van der Waals surface area contributed by atoms with E-state index in [0.29, 0.717) is 0 Å². The van der Waals surface area contributed by atoms with Crippen molar-refractivity contribution in [3.05, 3.63) is 157 Å². The molecule has 0 N–H and O–H groups in total. The molecule has 7 aromatic carbocycles. The van der Waals surface area contributed by atoms with E-state index in [-0.39, 0.29) is 5.41 Å². The zero-order valence-corrected chi connectivity index (χ0v) is 26.7. The van der Waals surface area contributed by atoms with E-state index in [2.05, 4.69) is 163 Å². The molecule has 0 aliphatic heterocycles. The highest BCUT2D eigenvalue weighted by molar-refractivity contribution is 6.32. The third-order valence-corrected chi connectivity index (χ3v) is 10.9. The summed E-state index contributed by atoms with van der Waals surface area (Å²) in [6, 6.07) is 52.9. The molecule has 3 aromatic heterocycles. The summed E-state index contributed by atoms with van der Waals surface area (Å²) >= 11 is 0. The van der Waals surface area contributed by atoms with E-state index >= 15 is 0 Å². The molecule has 3 heterocycles. The summed E-state index contributed by atoms with van der Waals surface area (Å²) in [5.41, 5.74) is 14.3. The van der Waals surface area contributed by atoms with Crippen molar-refractivity contribution >= 4 is 65.6 Å². The highest BCUT2D eigenvalue weighted by Gasteiger charge is 2.41. The van der Waals surface area contributed by atoms with Crippen molar-refractivity contribution in [1.82, 2.24) is 9.13 Å². The van der Waals surface area contributed by atoms with Crippen LogP contribution in [0, 0.1) is 0 Å². The minimum absolute atomic E-state index is 0.211. The van der Waals surface area contributed by atoms with Gasteiger partial charge in [-0.3, -0.25) is 0 Å². The topological polar surface area (TPSA) is 23.0 Å². The molecule has 1 aliphatic carbocycles. The van der Waals surface area contributed by atoms with Gasteiger partial charge in [-0.2, -0.15) is 0 Å². The lowest BCUT2D eigenvalue weighted by molar-refractivity contribution is 0.664. The number of hydrogen-bond acceptors (Lipinski definition) is 1. The number of rotatable bonds is 2. The highest BCUT2D eigenvalue weighted by Crippen LogP contribution is 2.58. The van der Waals surface area contributed by atoms with Crippen molar-refractivity contribution in [3.8, 4) is 22.5 Å². The van der Waals surface area contributed by atoms with Crippen molar-refractivity contribution in [2.24, 2.45) is 0 Å². The Kier molecular flexibility index (Phi) is 4.91. The van der Waals surface area contributed by atoms with Gasteiger partial charge in [-0.05, 0) is 70.8 Å². The number of fused-ring (bicyclic) bond motifs is 15. The van der Waals surface area contributed by atoms with E-state index in [0.717, 1.165) is 27.6 Å². The summed E-state index contributed by atoms with van der Waals surface area (Å²) in [5, 5.41) is 7.40. The number of para-hydroxylation sites is 4. The van der Waals surface area contributed by atoms with Gasteiger partial charge < -0.3 is 13.6 Å². The fourth-order valence-electron chi connectivity index (χ4n) is 8.91. The van der Waals surface area contributed by atoms with E-state index < -0.39 is 0 Å². The maximum atomic E-state index is 6.29. The molecular weight excluding hydrogens is 585 g/mol. The second kappa shape index (κ2) is 9.05. The Morgan fingerprint density at radius 1 is 0.479 bits per heavy atom. The van der Waals surface area contributed by atoms with E-state index in [1.165, 1.54) is 71.6 Å². The van der Waals surface area contributed by atoms with Gasteiger partial charge in [-0.25, -0.2) is 0 Å². The van der Waals surface area contributed by atoms with Crippen LogP contribution in [-0.4, -0.2) is 9.13 Å². The van der Waals surface area contributed by atoms with Gasteiger partial charge in [0.1, 0.15) is 11.2 Å². The van der Waals surface area contributed by atoms with Crippen LogP contribution >= 0.6 is 0 Å². The molecule has 3 heteroatoms. The van der Waals surface area contributed by atoms with Crippen LogP contribution in [0.5, 0.6) is 0 Å². The molecule has 48 heavy (non-hydrogen) atoms. The molecule has 0 saturated carbocycles. The summed E-state index contributed by atoms with van der Waals surface area (Å²) in [5.74, 6) is 0. The van der Waals surface area contributed by atoms with Crippen LogP contribution in [0.15, 0.2) is 150 Å². The van der Waals surface area contributed by atoms with Gasteiger partial charge in [0.25, 0.3) is 0 Å². The molecule has 3 nitrogen and oxygen atoms in total. The van der Waals surface area contributed by atoms with Gasteiger partial charge in [-0.1, -0.05) is 111 Å². The molecule has 11 rings (SSSR count). The minimum atomic E-state index is -0.211. The molecule has 1 aliphatic rings. The maximum absolute atomic E-state index is 6.29. The smallest absolute Gasteiger partial charge is 0.135 e. The summed E-state index contributed by atoms with van der Waals surface area (Å²) in [7, 11) is 0. The van der Waals surface area contributed by atoms with E-state index in [1.54, 1.807) is 0 Å². The van der Waals surface area contributed by atoms with E-state index in [9.17, 15) is 0 Å². The normalized spacial score (nSPS) is 13.8. The van der Waals surface area contributed by atoms with Gasteiger partial charge in [0.15, 0.2) is 0 Å². The lowest BCUT2D eigenvalue weighted by Crippen LogP contribution is -2.16. The van der Waals surface area contributed by atoms with Gasteiger partial charge in [0.2, 0.25) is 0 Å². The second-order valence-electron chi connectivity index (χ2n) is 13.7. The molecular formula is C45H30N2O. The summed E-state index contributed by atoms with van der Waals surface area (Å²) in [6.45, 7) is 4.82. The maximum Gasteiger partial charge on any atom is 0.135 e. The van der Waals surface area contributed by atoms with Crippen LogP contribution in [0.3, 0.4) is 0 Å². The van der Waals surface area contributed by atoms with Crippen LogP contribution in [0.4, 0.5) is 0 Å². The zero-order valence-electron chi connectivity index (χ0n) is 26.7. The molecule has 0 spiro atoms. The molecule has 0 amide bonds. The van der Waals surface area contributed by atoms with Gasteiger partial charge in [0.05, 0.1) is 22.1 Å². The van der Waals surface area contributed by atoms with Crippen LogP contribution in [0.2, 0.25) is 0 Å². The Morgan fingerprint density at radius 2 is 1.08 bits per heavy atom. The Morgan fingerprint density at radius 3 is 1.88 bits per heavy atom. The number of benzene rings is 7. The van der Waals surface area contributed by atoms with Crippen molar-refractivity contribution in [2.45, 2.75) is 19.3 Å². The molecule has 0 saturated heterocycles. The standard InChI is InChI=1S/C45H30N2O/c1-45(2)34-20-10-6-17-30(34)39-40-31-18-7-11-21-35(31)47(28-24-25-38-33(26-28)29-16-9-13-23-37(29)48-38)43(40)41-32-19-8-12-22-36(32)46(44(41)42(39)45)27-14-4-3-5-15-27/h3-26H,1-2H3. The van der Waals surface area contributed by atoms with Crippen LogP contribution in [0.25, 0.3) is 88.1 Å². The molecule has 0 fully saturated rings. The van der Waals surface area contributed by atoms with E-state index in [4.69, 9.17) is 4.42 Å². The van der Waals surface area contributed by atoms with Crippen LogP contribution in [-0.2, 0) is 5.41 Å². The SMILES string of the molecule is CC1(C)c2ccccc2-c2c1c1c(c3ccccc3n1-c1ccccc1)c1c2c2ccccc2n1-c1ccc2oc3ccccc3c2c1. The molecule has 226 valence electrons. The fraction of sp³-hybridized carbons (Fsp3) is 0.0667. The lowest BCUT2D eigenvalue weighted by atomic mass is 9.81. The summed E-state index contributed by atoms with van der Waals surface area (Å²) in [4.78, 5) is 0. The first-order chi connectivity index (χ1) is 23.6. The van der Waals surface area contributed by atoms with Crippen molar-refractivity contribution in [3.63, 3.8) is 0 Å². The lowest BCUT2D eigenvalue weighted by Gasteiger charge is -2.24. The molecule has 10 aromatic rings. The molecule has 0 unspecified atom stereocenters. The van der Waals surface area contributed by atoms with E-state index in [1.807, 2.05) is 6.07 Å². The van der Waals surface area contributed by atoms with Gasteiger partial charge >= 0.3 is 0 Å². The first-order valence-electron chi connectivity index (χ1n) is 16.7. The predicted octanol–water partition coefficient (Wildman–Crippen LogP) is 12.1. The minimum Gasteiger partial charge on any atom is -0.456 e. The number of aromatic nitrogens is 2. The first-order valence-corrected chi connectivity index (χ1v) is 16.7. The average molecular weight is 615 g/mol. The summed E-state index contributed by atoms with van der Waals surface area (Å²) in [6.07, 6.45) is 0. The second-order valence-corrected chi connectivity index (χ2v) is 13.7. The third-order valence-electron chi connectivity index (χ3n) is 10.9. The Bertz CT molecular complexity index is 2970. The van der Waals surface area contributed by atoms with Crippen LogP contribution in [0.1, 0.15) is 25.0 Å². The van der Waals surface area contributed by atoms with Crippen molar-refractivity contribution in [2.75, 3.05) is 0 Å². The predicted molar refractivity (Wildman–Crippen MR) is 200 cm³/mol. The van der Waals surface area contributed by atoms with Gasteiger partial charge in [0, 0.05) is 49.1 Å². The highest BCUT2D eigenvalue weighted by atomic mass is 16.3. The molecule has 0 atom stereocenters. The number of hydrogen-bond donors (Lipinski definition) is 0. The third kappa shape index (κ3) is 3.14. The monoisotopic (exact) mass is 614 g/mol.